The average molecular weight is 438 g/mol. The maximum absolute atomic E-state index is 14.1. The lowest BCUT2D eigenvalue weighted by atomic mass is 9.90. The highest BCUT2D eigenvalue weighted by Crippen LogP contribution is 2.30. The van der Waals surface area contributed by atoms with Crippen molar-refractivity contribution in [1.82, 2.24) is 14.8 Å². The number of rotatable bonds is 4. The van der Waals surface area contributed by atoms with Gasteiger partial charge in [-0.05, 0) is 61.9 Å². The summed E-state index contributed by atoms with van der Waals surface area (Å²) in [6, 6.07) is 11.0. The summed E-state index contributed by atoms with van der Waals surface area (Å²) in [4.78, 5) is 33.4. The molecule has 170 valence electrons. The highest BCUT2D eigenvalue weighted by atomic mass is 19.1. The third-order valence-electron chi connectivity index (χ3n) is 6.83. The predicted molar refractivity (Wildman–Crippen MR) is 122 cm³/mol. The van der Waals surface area contributed by atoms with E-state index >= 15 is 0 Å². The first-order valence-corrected chi connectivity index (χ1v) is 11.7. The lowest BCUT2D eigenvalue weighted by Gasteiger charge is -2.37. The molecule has 0 saturated carbocycles. The van der Waals surface area contributed by atoms with Crippen LogP contribution in [0.15, 0.2) is 36.4 Å². The maximum Gasteiger partial charge on any atom is 0.225 e. The first kappa shape index (κ1) is 22.4. The van der Waals surface area contributed by atoms with E-state index in [-0.39, 0.29) is 29.5 Å². The minimum absolute atomic E-state index is 0.00596. The zero-order chi connectivity index (χ0) is 22.7. The molecule has 0 spiro atoms. The van der Waals surface area contributed by atoms with Crippen LogP contribution in [0, 0.1) is 18.7 Å². The molecular weight excluding hydrogens is 405 g/mol. The van der Waals surface area contributed by atoms with E-state index in [1.807, 2.05) is 34.9 Å². The van der Waals surface area contributed by atoms with Gasteiger partial charge in [-0.3, -0.25) is 14.6 Å². The van der Waals surface area contributed by atoms with Gasteiger partial charge in [0.15, 0.2) is 0 Å². The molecule has 2 fully saturated rings. The van der Waals surface area contributed by atoms with Crippen LogP contribution in [-0.2, 0) is 16.0 Å². The Bertz CT molecular complexity index is 985. The SMILES string of the molecule is CC(=O)N1CCC(C(=O)N2CCC[C@@H](c3cc(Cc4ccccc4F)cc(C)n3)C2)CC1. The van der Waals surface area contributed by atoms with Gasteiger partial charge < -0.3 is 9.80 Å². The zero-order valence-electron chi connectivity index (χ0n) is 19.0. The van der Waals surface area contributed by atoms with E-state index in [0.717, 1.165) is 49.2 Å². The molecule has 4 rings (SSSR count). The zero-order valence-corrected chi connectivity index (χ0v) is 19.0. The van der Waals surface area contributed by atoms with E-state index in [1.54, 1.807) is 13.0 Å². The Morgan fingerprint density at radius 1 is 1.06 bits per heavy atom. The van der Waals surface area contributed by atoms with Gasteiger partial charge in [0, 0.05) is 62.7 Å². The van der Waals surface area contributed by atoms with Crippen LogP contribution >= 0.6 is 0 Å². The molecule has 1 atom stereocenters. The van der Waals surface area contributed by atoms with Crippen molar-refractivity contribution in [3.8, 4) is 0 Å². The number of nitrogens with zero attached hydrogens (tertiary/aromatic N) is 3. The largest absolute Gasteiger partial charge is 0.343 e. The number of aryl methyl sites for hydroxylation is 1. The molecule has 1 aromatic carbocycles. The van der Waals surface area contributed by atoms with Crippen molar-refractivity contribution in [2.24, 2.45) is 5.92 Å². The fourth-order valence-electron chi connectivity index (χ4n) is 5.06. The summed E-state index contributed by atoms with van der Waals surface area (Å²) in [7, 11) is 0. The Morgan fingerprint density at radius 3 is 2.53 bits per heavy atom. The Hall–Kier alpha value is -2.76. The van der Waals surface area contributed by atoms with E-state index in [4.69, 9.17) is 4.98 Å². The molecule has 3 heterocycles. The second kappa shape index (κ2) is 9.80. The van der Waals surface area contributed by atoms with Crippen molar-refractivity contribution in [3.05, 3.63) is 64.7 Å². The van der Waals surface area contributed by atoms with Crippen LogP contribution in [0.3, 0.4) is 0 Å². The molecule has 5 nitrogen and oxygen atoms in total. The predicted octanol–water partition coefficient (Wildman–Crippen LogP) is 4.08. The molecule has 0 bridgehead atoms. The van der Waals surface area contributed by atoms with Crippen molar-refractivity contribution in [2.75, 3.05) is 26.2 Å². The van der Waals surface area contributed by atoms with Gasteiger partial charge in [0.2, 0.25) is 11.8 Å². The van der Waals surface area contributed by atoms with Gasteiger partial charge in [0.05, 0.1) is 0 Å². The van der Waals surface area contributed by atoms with Crippen molar-refractivity contribution < 1.29 is 14.0 Å². The van der Waals surface area contributed by atoms with Gasteiger partial charge in [-0.2, -0.15) is 0 Å². The second-order valence-electron chi connectivity index (χ2n) is 9.21. The third-order valence-corrected chi connectivity index (χ3v) is 6.83. The molecule has 2 saturated heterocycles. The fraction of sp³-hybridized carbons (Fsp3) is 0.500. The number of hydrogen-bond acceptors (Lipinski definition) is 3. The molecular formula is C26H32FN3O2. The third kappa shape index (κ3) is 5.17. The molecule has 6 heteroatoms. The van der Waals surface area contributed by atoms with Crippen LogP contribution in [0.2, 0.25) is 0 Å². The van der Waals surface area contributed by atoms with Crippen molar-refractivity contribution in [3.63, 3.8) is 0 Å². The van der Waals surface area contributed by atoms with E-state index in [0.29, 0.717) is 31.6 Å². The summed E-state index contributed by atoms with van der Waals surface area (Å²) in [5.41, 5.74) is 3.66. The highest BCUT2D eigenvalue weighted by molar-refractivity contribution is 5.80. The number of hydrogen-bond donors (Lipinski definition) is 0. The summed E-state index contributed by atoms with van der Waals surface area (Å²) in [5.74, 6) is 0.326. The van der Waals surface area contributed by atoms with Crippen LogP contribution < -0.4 is 0 Å². The second-order valence-corrected chi connectivity index (χ2v) is 9.21. The van der Waals surface area contributed by atoms with Gasteiger partial charge >= 0.3 is 0 Å². The number of carbonyl (C=O) groups is 2. The minimum Gasteiger partial charge on any atom is -0.343 e. The number of carbonyl (C=O) groups excluding carboxylic acids is 2. The molecule has 2 aromatic rings. The number of amides is 2. The van der Waals surface area contributed by atoms with Crippen molar-refractivity contribution in [2.45, 2.75) is 51.9 Å². The van der Waals surface area contributed by atoms with Gasteiger partial charge in [0.1, 0.15) is 5.82 Å². The molecule has 2 aliphatic heterocycles. The quantitative estimate of drug-likeness (QED) is 0.724. The molecule has 0 unspecified atom stereocenters. The van der Waals surface area contributed by atoms with Crippen LogP contribution in [-0.4, -0.2) is 52.8 Å². The summed E-state index contributed by atoms with van der Waals surface area (Å²) in [6.07, 6.45) is 3.99. The lowest BCUT2D eigenvalue weighted by Crippen LogP contribution is -2.46. The number of pyridine rings is 1. The Morgan fingerprint density at radius 2 is 1.81 bits per heavy atom. The van der Waals surface area contributed by atoms with Crippen molar-refractivity contribution in [1.29, 1.82) is 0 Å². The summed E-state index contributed by atoms with van der Waals surface area (Å²) in [5, 5.41) is 0. The molecule has 2 amide bonds. The monoisotopic (exact) mass is 437 g/mol. The Kier molecular flexibility index (Phi) is 6.87. The summed E-state index contributed by atoms with van der Waals surface area (Å²) in [6.45, 7) is 6.37. The standard InChI is InChI=1S/C26H32FN3O2/c1-18-14-20(15-22-6-3-4-8-24(22)27)16-25(28-18)23-7-5-11-30(17-23)26(32)21-9-12-29(13-10-21)19(2)31/h3-4,6,8,14,16,21,23H,5,7,9-13,15,17H2,1-2H3/t23-/m1/s1. The van der Waals surface area contributed by atoms with E-state index in [2.05, 4.69) is 6.07 Å². The minimum atomic E-state index is -0.186. The van der Waals surface area contributed by atoms with Crippen LogP contribution in [0.5, 0.6) is 0 Å². The molecule has 2 aliphatic rings. The average Bonchev–Trinajstić information content (AvgIpc) is 2.80. The molecule has 0 N–H and O–H groups in total. The number of halogens is 1. The number of aromatic nitrogens is 1. The number of piperidine rings is 2. The lowest BCUT2D eigenvalue weighted by molar-refractivity contribution is -0.141. The summed E-state index contributed by atoms with van der Waals surface area (Å²) < 4.78 is 14.1. The Balaban J connectivity index is 1.44. The molecule has 1 aromatic heterocycles. The topological polar surface area (TPSA) is 53.5 Å². The van der Waals surface area contributed by atoms with E-state index < -0.39 is 0 Å². The fourth-order valence-corrected chi connectivity index (χ4v) is 5.06. The smallest absolute Gasteiger partial charge is 0.225 e. The van der Waals surface area contributed by atoms with Gasteiger partial charge in [0.25, 0.3) is 0 Å². The molecule has 32 heavy (non-hydrogen) atoms. The van der Waals surface area contributed by atoms with Crippen LogP contribution in [0.4, 0.5) is 4.39 Å². The van der Waals surface area contributed by atoms with E-state index in [9.17, 15) is 14.0 Å². The Labute approximate surface area is 189 Å². The van der Waals surface area contributed by atoms with E-state index in [1.165, 1.54) is 6.07 Å². The maximum atomic E-state index is 14.1. The van der Waals surface area contributed by atoms with Crippen LogP contribution in [0.1, 0.15) is 61.0 Å². The van der Waals surface area contributed by atoms with Crippen molar-refractivity contribution >= 4 is 11.8 Å². The highest BCUT2D eigenvalue weighted by Gasteiger charge is 2.32. The van der Waals surface area contributed by atoms with Crippen LogP contribution in [0.25, 0.3) is 0 Å². The van der Waals surface area contributed by atoms with Gasteiger partial charge in [-0.1, -0.05) is 18.2 Å². The first-order chi connectivity index (χ1) is 15.4. The van der Waals surface area contributed by atoms with Gasteiger partial charge in [-0.25, -0.2) is 4.39 Å². The number of benzene rings is 1. The van der Waals surface area contributed by atoms with Gasteiger partial charge in [-0.15, -0.1) is 0 Å². The number of likely N-dealkylation sites (tertiary alicyclic amines) is 2. The normalized spacial score (nSPS) is 19.8. The molecule has 0 radical (unpaired) electrons. The first-order valence-electron chi connectivity index (χ1n) is 11.7. The summed E-state index contributed by atoms with van der Waals surface area (Å²) >= 11 is 0. The molecule has 0 aliphatic carbocycles.